The summed E-state index contributed by atoms with van der Waals surface area (Å²) in [5, 5.41) is 12.4. The van der Waals surface area contributed by atoms with Crippen molar-refractivity contribution in [2.45, 2.75) is 37.8 Å². The second-order valence-corrected chi connectivity index (χ2v) is 6.92. The maximum Gasteiger partial charge on any atom is 0.325 e. The lowest BCUT2D eigenvalue weighted by atomic mass is 10.1. The van der Waals surface area contributed by atoms with Gasteiger partial charge in [-0.1, -0.05) is 6.92 Å². The Morgan fingerprint density at radius 1 is 1.53 bits per heavy atom. The van der Waals surface area contributed by atoms with Gasteiger partial charge in [-0.3, -0.25) is 9.48 Å². The summed E-state index contributed by atoms with van der Waals surface area (Å²) in [7, 11) is -3.58. The number of carboxylic acid groups (broad SMARTS) is 1. The maximum atomic E-state index is 12.4. The molecule has 0 spiro atoms. The fraction of sp³-hybridized carbons (Fsp3) is 0.636. The summed E-state index contributed by atoms with van der Waals surface area (Å²) in [6, 6.07) is -0.0391. The van der Waals surface area contributed by atoms with Crippen molar-refractivity contribution in [3.63, 3.8) is 0 Å². The molecule has 7 nitrogen and oxygen atoms in total. The number of carbonyl (C=O) groups is 1. The van der Waals surface area contributed by atoms with Crippen molar-refractivity contribution in [3.05, 3.63) is 12.4 Å². The van der Waals surface area contributed by atoms with Crippen molar-refractivity contribution in [1.82, 2.24) is 14.1 Å². The zero-order valence-electron chi connectivity index (χ0n) is 10.9. The molecule has 0 radical (unpaired) electrons. The molecule has 1 fully saturated rings. The van der Waals surface area contributed by atoms with Crippen molar-refractivity contribution in [1.29, 1.82) is 0 Å². The summed E-state index contributed by atoms with van der Waals surface area (Å²) >= 11 is 0. The molecule has 2 rings (SSSR count). The van der Waals surface area contributed by atoms with Gasteiger partial charge in [0.05, 0.1) is 6.20 Å². The van der Waals surface area contributed by atoms with E-state index in [9.17, 15) is 13.2 Å². The number of sulfonamides is 1. The number of hydrogen-bond donors (Lipinski definition) is 1. The molecule has 1 N–H and O–H groups in total. The summed E-state index contributed by atoms with van der Waals surface area (Å²) in [4.78, 5) is 10.6. The van der Waals surface area contributed by atoms with E-state index in [1.54, 1.807) is 0 Å². The second kappa shape index (κ2) is 4.93. The molecule has 2 atom stereocenters. The third-order valence-corrected chi connectivity index (χ3v) is 5.17. The van der Waals surface area contributed by atoms with Gasteiger partial charge in [0.1, 0.15) is 11.4 Å². The molecule has 8 heteroatoms. The Balaban J connectivity index is 2.25. The lowest BCUT2D eigenvalue weighted by Crippen LogP contribution is -2.33. The Kier molecular flexibility index (Phi) is 3.64. The summed E-state index contributed by atoms with van der Waals surface area (Å²) in [6.45, 7) is 4.04. The first-order valence-corrected chi connectivity index (χ1v) is 7.51. The van der Waals surface area contributed by atoms with E-state index < -0.39 is 16.0 Å². The predicted octanol–water partition coefficient (Wildman–Crippen LogP) is 0.387. The molecule has 1 saturated heterocycles. The molecule has 19 heavy (non-hydrogen) atoms. The van der Waals surface area contributed by atoms with Crippen LogP contribution < -0.4 is 0 Å². The zero-order chi connectivity index (χ0) is 14.2. The molecule has 1 aliphatic heterocycles. The first-order valence-electron chi connectivity index (χ1n) is 6.07. The van der Waals surface area contributed by atoms with Crippen LogP contribution in [0.4, 0.5) is 0 Å². The molecule has 1 aromatic heterocycles. The van der Waals surface area contributed by atoms with Crippen LogP contribution in [-0.2, 0) is 21.4 Å². The van der Waals surface area contributed by atoms with Crippen molar-refractivity contribution < 1.29 is 18.3 Å². The van der Waals surface area contributed by atoms with Gasteiger partial charge in [-0.25, -0.2) is 8.42 Å². The van der Waals surface area contributed by atoms with Crippen LogP contribution in [0.2, 0.25) is 0 Å². The fourth-order valence-corrected chi connectivity index (χ4v) is 4.15. The van der Waals surface area contributed by atoms with Crippen molar-refractivity contribution in [2.24, 2.45) is 5.92 Å². The van der Waals surface area contributed by atoms with E-state index in [0.717, 1.165) is 11.1 Å². The molecule has 0 amide bonds. The molecule has 106 valence electrons. The van der Waals surface area contributed by atoms with Crippen LogP contribution in [-0.4, -0.2) is 46.2 Å². The van der Waals surface area contributed by atoms with E-state index in [1.807, 2.05) is 13.8 Å². The number of aliphatic carboxylic acids is 1. The summed E-state index contributed by atoms with van der Waals surface area (Å²) < 4.78 is 27.4. The number of nitrogens with zero attached hydrogens (tertiary/aromatic N) is 3. The van der Waals surface area contributed by atoms with Crippen LogP contribution >= 0.6 is 0 Å². The van der Waals surface area contributed by atoms with Crippen molar-refractivity contribution in [2.75, 3.05) is 6.54 Å². The standard InChI is InChI=1S/C11H17N3O4S/c1-8-3-9(2)14(5-8)19(17,18)10-4-12-13(6-10)7-11(15)16/h4,6,8-9H,3,5,7H2,1-2H3,(H,15,16). The highest BCUT2D eigenvalue weighted by Gasteiger charge is 2.36. The smallest absolute Gasteiger partial charge is 0.325 e. The monoisotopic (exact) mass is 287 g/mol. The SMILES string of the molecule is CC1CC(C)N(S(=O)(=O)c2cnn(CC(=O)O)c2)C1. The number of rotatable bonds is 4. The zero-order valence-corrected chi connectivity index (χ0v) is 11.7. The van der Waals surface area contributed by atoms with E-state index in [2.05, 4.69) is 5.10 Å². The van der Waals surface area contributed by atoms with E-state index in [4.69, 9.17) is 5.11 Å². The van der Waals surface area contributed by atoms with Crippen LogP contribution in [0, 0.1) is 5.92 Å². The topological polar surface area (TPSA) is 92.5 Å². The third kappa shape index (κ3) is 2.79. The molecule has 1 aromatic rings. The first-order chi connectivity index (χ1) is 8.80. The summed E-state index contributed by atoms with van der Waals surface area (Å²) in [5.74, 6) is -0.728. The van der Waals surface area contributed by atoms with Crippen molar-refractivity contribution in [3.8, 4) is 0 Å². The lowest BCUT2D eigenvalue weighted by molar-refractivity contribution is -0.137. The van der Waals surface area contributed by atoms with Gasteiger partial charge in [-0.15, -0.1) is 0 Å². The van der Waals surface area contributed by atoms with Crippen LogP contribution in [0.25, 0.3) is 0 Å². The largest absolute Gasteiger partial charge is 0.480 e. The average molecular weight is 287 g/mol. The van der Waals surface area contributed by atoms with Gasteiger partial charge < -0.3 is 5.11 Å². The Morgan fingerprint density at radius 3 is 2.74 bits per heavy atom. The van der Waals surface area contributed by atoms with Gasteiger partial charge in [0.2, 0.25) is 10.0 Å². The highest BCUT2D eigenvalue weighted by Crippen LogP contribution is 2.28. The molecule has 2 unspecified atom stereocenters. The quantitative estimate of drug-likeness (QED) is 0.864. The Labute approximate surface area is 111 Å². The van der Waals surface area contributed by atoms with Crippen LogP contribution in [0.5, 0.6) is 0 Å². The summed E-state index contributed by atoms with van der Waals surface area (Å²) in [5.41, 5.74) is 0. The first kappa shape index (κ1) is 14.0. The maximum absolute atomic E-state index is 12.4. The van der Waals surface area contributed by atoms with Gasteiger partial charge in [-0.05, 0) is 19.3 Å². The molecular formula is C11H17N3O4S. The highest BCUT2D eigenvalue weighted by atomic mass is 32.2. The predicted molar refractivity (Wildman–Crippen MR) is 67.0 cm³/mol. The Bertz CT molecular complexity index is 581. The minimum Gasteiger partial charge on any atom is -0.480 e. The van der Waals surface area contributed by atoms with Crippen LogP contribution in [0.3, 0.4) is 0 Å². The van der Waals surface area contributed by atoms with E-state index in [0.29, 0.717) is 12.5 Å². The number of aromatic nitrogens is 2. The molecule has 1 aliphatic rings. The number of carboxylic acids is 1. The lowest BCUT2D eigenvalue weighted by Gasteiger charge is -2.19. The van der Waals surface area contributed by atoms with Gasteiger partial charge in [0, 0.05) is 18.8 Å². The molecular weight excluding hydrogens is 270 g/mol. The summed E-state index contributed by atoms with van der Waals surface area (Å²) in [6.07, 6.45) is 3.30. The van der Waals surface area contributed by atoms with Gasteiger partial charge in [0.25, 0.3) is 0 Å². The third-order valence-electron chi connectivity index (χ3n) is 3.24. The van der Waals surface area contributed by atoms with E-state index in [-0.39, 0.29) is 17.5 Å². The van der Waals surface area contributed by atoms with Gasteiger partial charge in [-0.2, -0.15) is 9.40 Å². The second-order valence-electron chi connectivity index (χ2n) is 5.03. The molecule has 0 bridgehead atoms. The molecule has 2 heterocycles. The minimum atomic E-state index is -3.58. The average Bonchev–Trinajstić information content (AvgIpc) is 2.85. The highest BCUT2D eigenvalue weighted by molar-refractivity contribution is 7.89. The van der Waals surface area contributed by atoms with Gasteiger partial charge >= 0.3 is 5.97 Å². The van der Waals surface area contributed by atoms with Gasteiger partial charge in [0.15, 0.2) is 0 Å². The van der Waals surface area contributed by atoms with Crippen molar-refractivity contribution >= 4 is 16.0 Å². The van der Waals surface area contributed by atoms with E-state index >= 15 is 0 Å². The van der Waals surface area contributed by atoms with Crippen LogP contribution in [0.15, 0.2) is 17.3 Å². The molecule has 0 aliphatic carbocycles. The Morgan fingerprint density at radius 2 is 2.21 bits per heavy atom. The van der Waals surface area contributed by atoms with E-state index in [1.165, 1.54) is 16.7 Å². The minimum absolute atomic E-state index is 0.0391. The van der Waals surface area contributed by atoms with Crippen LogP contribution in [0.1, 0.15) is 20.3 Å². The molecule has 0 saturated carbocycles. The Hall–Kier alpha value is -1.41. The fourth-order valence-electron chi connectivity index (χ4n) is 2.43. The number of hydrogen-bond acceptors (Lipinski definition) is 4. The molecule has 0 aromatic carbocycles. The normalized spacial score (nSPS) is 24.7.